The van der Waals surface area contributed by atoms with Gasteiger partial charge in [-0.25, -0.2) is 0 Å². The van der Waals surface area contributed by atoms with Crippen LogP contribution >= 0.6 is 29.3 Å². The molecule has 0 bridgehead atoms. The highest BCUT2D eigenvalue weighted by Gasteiger charge is 2.13. The van der Waals surface area contributed by atoms with Crippen molar-refractivity contribution in [2.45, 2.75) is 76.7 Å². The van der Waals surface area contributed by atoms with E-state index >= 15 is 0 Å². The van der Waals surface area contributed by atoms with E-state index in [0.717, 1.165) is 12.8 Å². The Morgan fingerprint density at radius 2 is 1.06 bits per heavy atom. The standard InChI is InChI=1S/C12H23Cl2OP/c13-16(14)15-12-10-8-6-4-2-1-3-5-7-9-11-12/h12H,1-11H2. The maximum Gasteiger partial charge on any atom is 0.225 e. The monoisotopic (exact) mass is 284 g/mol. The summed E-state index contributed by atoms with van der Waals surface area (Å²) in [6.07, 6.45) is 14.8. The Morgan fingerprint density at radius 3 is 1.44 bits per heavy atom. The van der Waals surface area contributed by atoms with Crippen molar-refractivity contribution >= 4 is 29.3 Å². The lowest BCUT2D eigenvalue weighted by Crippen LogP contribution is -2.09. The predicted octanol–water partition coefficient (Wildman–Crippen LogP) is 6.38. The fraction of sp³-hybridized carbons (Fsp3) is 1.00. The van der Waals surface area contributed by atoms with E-state index in [2.05, 4.69) is 0 Å². The molecule has 0 aromatic rings. The van der Waals surface area contributed by atoms with Crippen molar-refractivity contribution < 1.29 is 4.52 Å². The van der Waals surface area contributed by atoms with E-state index < -0.39 is 6.85 Å². The Hall–Kier alpha value is 0.970. The van der Waals surface area contributed by atoms with E-state index in [4.69, 9.17) is 27.0 Å². The van der Waals surface area contributed by atoms with Crippen molar-refractivity contribution in [1.29, 1.82) is 0 Å². The average molecular weight is 285 g/mol. The third-order valence-electron chi connectivity index (χ3n) is 3.28. The number of hydrogen-bond acceptors (Lipinski definition) is 1. The van der Waals surface area contributed by atoms with Gasteiger partial charge in [-0.1, -0.05) is 57.8 Å². The minimum atomic E-state index is -1.23. The molecule has 1 rings (SSSR count). The van der Waals surface area contributed by atoms with Crippen molar-refractivity contribution in [2.75, 3.05) is 0 Å². The topological polar surface area (TPSA) is 9.23 Å². The molecule has 0 aromatic carbocycles. The van der Waals surface area contributed by atoms with Crippen LogP contribution < -0.4 is 0 Å². The Kier molecular flexibility index (Phi) is 9.34. The van der Waals surface area contributed by atoms with E-state index in [1.165, 1.54) is 57.8 Å². The summed E-state index contributed by atoms with van der Waals surface area (Å²) >= 11 is 11.5. The van der Waals surface area contributed by atoms with Crippen LogP contribution in [0.4, 0.5) is 0 Å². The van der Waals surface area contributed by atoms with E-state index in [9.17, 15) is 0 Å². The van der Waals surface area contributed by atoms with E-state index in [1.807, 2.05) is 0 Å². The van der Waals surface area contributed by atoms with Crippen molar-refractivity contribution in [1.82, 2.24) is 0 Å². The van der Waals surface area contributed by atoms with Gasteiger partial charge < -0.3 is 4.52 Å². The van der Waals surface area contributed by atoms with Crippen LogP contribution in [0, 0.1) is 0 Å². The van der Waals surface area contributed by atoms with Gasteiger partial charge in [0.2, 0.25) is 6.85 Å². The second-order valence-corrected chi connectivity index (χ2v) is 7.66. The first-order valence-electron chi connectivity index (χ1n) is 6.57. The lowest BCUT2D eigenvalue weighted by Gasteiger charge is -2.18. The van der Waals surface area contributed by atoms with Crippen LogP contribution in [-0.2, 0) is 4.52 Å². The maximum atomic E-state index is 5.74. The van der Waals surface area contributed by atoms with Gasteiger partial charge in [-0.05, 0) is 35.3 Å². The molecule has 1 aliphatic carbocycles. The smallest absolute Gasteiger partial charge is 0.225 e. The first-order valence-corrected chi connectivity index (χ1v) is 9.64. The third kappa shape index (κ3) is 8.12. The van der Waals surface area contributed by atoms with Gasteiger partial charge in [-0.2, -0.15) is 0 Å². The number of hydrogen-bond donors (Lipinski definition) is 0. The Morgan fingerprint density at radius 1 is 0.688 bits per heavy atom. The van der Waals surface area contributed by atoms with Crippen LogP contribution in [0.1, 0.15) is 70.6 Å². The molecule has 0 amide bonds. The van der Waals surface area contributed by atoms with Gasteiger partial charge in [0.25, 0.3) is 0 Å². The van der Waals surface area contributed by atoms with Crippen molar-refractivity contribution in [3.8, 4) is 0 Å². The van der Waals surface area contributed by atoms with Crippen LogP contribution in [0.2, 0.25) is 0 Å². The third-order valence-corrected chi connectivity index (χ3v) is 4.22. The molecule has 0 saturated heterocycles. The molecule has 1 fully saturated rings. The van der Waals surface area contributed by atoms with Crippen LogP contribution in [0.25, 0.3) is 0 Å². The molecule has 4 heteroatoms. The highest BCUT2D eigenvalue weighted by molar-refractivity contribution is 8.00. The fourth-order valence-corrected chi connectivity index (χ4v) is 3.46. The zero-order chi connectivity index (χ0) is 11.6. The van der Waals surface area contributed by atoms with E-state index in [0.29, 0.717) is 6.10 Å². The van der Waals surface area contributed by atoms with Crippen LogP contribution in [0.3, 0.4) is 0 Å². The first kappa shape index (κ1) is 15.0. The summed E-state index contributed by atoms with van der Waals surface area (Å²) in [4.78, 5) is 0. The molecule has 0 unspecified atom stereocenters. The molecule has 0 aliphatic heterocycles. The van der Waals surface area contributed by atoms with Gasteiger partial charge in [0.05, 0.1) is 6.10 Å². The van der Waals surface area contributed by atoms with Crippen LogP contribution in [-0.4, -0.2) is 6.10 Å². The highest BCUT2D eigenvalue weighted by Crippen LogP contribution is 2.50. The molecule has 16 heavy (non-hydrogen) atoms. The zero-order valence-electron chi connectivity index (χ0n) is 9.97. The molecule has 1 saturated carbocycles. The Bertz CT molecular complexity index is 155. The summed E-state index contributed by atoms with van der Waals surface area (Å²) in [6, 6.07) is 0. The van der Waals surface area contributed by atoms with Gasteiger partial charge in [0.1, 0.15) is 0 Å². The molecule has 0 spiro atoms. The zero-order valence-corrected chi connectivity index (χ0v) is 12.4. The second kappa shape index (κ2) is 9.95. The maximum absolute atomic E-state index is 5.74. The summed E-state index contributed by atoms with van der Waals surface area (Å²) in [5, 5.41) is 0. The Labute approximate surface area is 111 Å². The molecule has 0 heterocycles. The van der Waals surface area contributed by atoms with Crippen molar-refractivity contribution in [2.24, 2.45) is 0 Å². The summed E-state index contributed by atoms with van der Waals surface area (Å²) < 4.78 is 5.59. The summed E-state index contributed by atoms with van der Waals surface area (Å²) in [7, 11) is 0. The Balaban J connectivity index is 2.24. The summed E-state index contributed by atoms with van der Waals surface area (Å²) in [5.74, 6) is 0. The van der Waals surface area contributed by atoms with E-state index in [1.54, 1.807) is 0 Å². The minimum Gasteiger partial charge on any atom is -0.328 e. The largest absolute Gasteiger partial charge is 0.328 e. The molecule has 0 N–H and O–H groups in total. The molecular weight excluding hydrogens is 262 g/mol. The minimum absolute atomic E-state index is 0.306. The average Bonchev–Trinajstić information content (AvgIpc) is 2.21. The van der Waals surface area contributed by atoms with Crippen LogP contribution in [0.15, 0.2) is 0 Å². The first-order chi connectivity index (χ1) is 7.79. The van der Waals surface area contributed by atoms with Gasteiger partial charge in [-0.15, -0.1) is 0 Å². The molecule has 1 aliphatic rings. The normalized spacial score (nSPS) is 22.7. The quantitative estimate of drug-likeness (QED) is 0.535. The highest BCUT2D eigenvalue weighted by atomic mass is 35.9. The fourth-order valence-electron chi connectivity index (χ4n) is 2.34. The van der Waals surface area contributed by atoms with E-state index in [-0.39, 0.29) is 0 Å². The lowest BCUT2D eigenvalue weighted by atomic mass is 10.00. The van der Waals surface area contributed by atoms with Gasteiger partial charge in [-0.3, -0.25) is 0 Å². The summed E-state index contributed by atoms with van der Waals surface area (Å²) in [6.45, 7) is -1.23. The van der Waals surface area contributed by atoms with Gasteiger partial charge in [0, 0.05) is 0 Å². The molecule has 96 valence electrons. The number of halogens is 2. The predicted molar refractivity (Wildman–Crippen MR) is 74.3 cm³/mol. The SMILES string of the molecule is ClP(Cl)OC1CCCCCCCCCCC1. The summed E-state index contributed by atoms with van der Waals surface area (Å²) in [5.41, 5.74) is 0. The molecule has 1 nitrogen and oxygen atoms in total. The lowest BCUT2D eigenvalue weighted by molar-refractivity contribution is 0.199. The van der Waals surface area contributed by atoms with Crippen molar-refractivity contribution in [3.63, 3.8) is 0 Å². The second-order valence-electron chi connectivity index (χ2n) is 4.69. The molecule has 0 radical (unpaired) electrons. The van der Waals surface area contributed by atoms with Crippen molar-refractivity contribution in [3.05, 3.63) is 0 Å². The number of rotatable bonds is 2. The van der Waals surface area contributed by atoms with Crippen LogP contribution in [0.5, 0.6) is 0 Å². The van der Waals surface area contributed by atoms with Gasteiger partial charge >= 0.3 is 0 Å². The molecule has 0 atom stereocenters. The molecular formula is C12H23Cl2OP. The molecule has 0 aromatic heterocycles. The van der Waals surface area contributed by atoms with Gasteiger partial charge in [0.15, 0.2) is 0 Å².